The van der Waals surface area contributed by atoms with Crippen molar-refractivity contribution in [2.75, 3.05) is 18.5 Å². The topological polar surface area (TPSA) is 77.8 Å². The normalized spacial score (nSPS) is 9.89. The second kappa shape index (κ2) is 6.35. The SMILES string of the molecule is C#CCOc1nc(NCCC)nc(-n2cccn2)n1. The molecular weight excluding hydrogens is 244 g/mol. The third-order valence-corrected chi connectivity index (χ3v) is 2.13. The molecule has 0 bridgehead atoms. The van der Waals surface area contributed by atoms with Gasteiger partial charge in [0.15, 0.2) is 6.61 Å². The van der Waals surface area contributed by atoms with Crippen LogP contribution in [0.25, 0.3) is 5.95 Å². The van der Waals surface area contributed by atoms with Gasteiger partial charge in [0.2, 0.25) is 5.95 Å². The Balaban J connectivity index is 2.28. The van der Waals surface area contributed by atoms with Gasteiger partial charge in [0.05, 0.1) is 0 Å². The average Bonchev–Trinajstić information content (AvgIpc) is 2.97. The van der Waals surface area contributed by atoms with Crippen molar-refractivity contribution in [2.45, 2.75) is 13.3 Å². The molecule has 0 amide bonds. The van der Waals surface area contributed by atoms with Gasteiger partial charge in [-0.2, -0.15) is 20.1 Å². The van der Waals surface area contributed by atoms with Crippen LogP contribution in [0.2, 0.25) is 0 Å². The molecule has 2 heterocycles. The fourth-order valence-electron chi connectivity index (χ4n) is 1.32. The van der Waals surface area contributed by atoms with Crippen molar-refractivity contribution in [1.82, 2.24) is 24.7 Å². The predicted octanol–water partition coefficient (Wildman–Crippen LogP) is 0.891. The maximum absolute atomic E-state index is 5.24. The molecule has 7 heteroatoms. The van der Waals surface area contributed by atoms with E-state index in [1.54, 1.807) is 18.5 Å². The van der Waals surface area contributed by atoms with Gasteiger partial charge in [0.25, 0.3) is 5.95 Å². The van der Waals surface area contributed by atoms with Crippen molar-refractivity contribution in [2.24, 2.45) is 0 Å². The van der Waals surface area contributed by atoms with Crippen LogP contribution in [0, 0.1) is 12.3 Å². The lowest BCUT2D eigenvalue weighted by Crippen LogP contribution is -2.11. The van der Waals surface area contributed by atoms with Crippen LogP contribution < -0.4 is 10.1 Å². The highest BCUT2D eigenvalue weighted by Crippen LogP contribution is 2.10. The molecule has 19 heavy (non-hydrogen) atoms. The van der Waals surface area contributed by atoms with Crippen LogP contribution in [0.15, 0.2) is 18.5 Å². The zero-order chi connectivity index (χ0) is 13.5. The second-order valence-corrected chi connectivity index (χ2v) is 3.61. The molecule has 7 nitrogen and oxygen atoms in total. The molecule has 0 unspecified atom stereocenters. The lowest BCUT2D eigenvalue weighted by atomic mass is 10.5. The molecule has 0 radical (unpaired) electrons. The number of ether oxygens (including phenoxy) is 1. The number of nitrogens with zero attached hydrogens (tertiary/aromatic N) is 5. The Kier molecular flexibility index (Phi) is 4.29. The molecule has 0 spiro atoms. The molecule has 0 aliphatic rings. The summed E-state index contributed by atoms with van der Waals surface area (Å²) in [5.41, 5.74) is 0. The highest BCUT2D eigenvalue weighted by molar-refractivity contribution is 5.29. The van der Waals surface area contributed by atoms with Gasteiger partial charge in [-0.3, -0.25) is 0 Å². The number of rotatable bonds is 6. The fraction of sp³-hybridized carbons (Fsp3) is 0.333. The third kappa shape index (κ3) is 3.42. The van der Waals surface area contributed by atoms with E-state index in [1.165, 1.54) is 4.68 Å². The van der Waals surface area contributed by atoms with E-state index in [-0.39, 0.29) is 12.6 Å². The minimum atomic E-state index is 0.107. The first-order valence-electron chi connectivity index (χ1n) is 5.89. The molecule has 2 aromatic heterocycles. The van der Waals surface area contributed by atoms with E-state index in [0.717, 1.165) is 13.0 Å². The molecule has 0 atom stereocenters. The van der Waals surface area contributed by atoms with Crippen molar-refractivity contribution in [3.8, 4) is 24.3 Å². The third-order valence-electron chi connectivity index (χ3n) is 2.13. The molecule has 0 aliphatic heterocycles. The Morgan fingerprint density at radius 3 is 3.00 bits per heavy atom. The van der Waals surface area contributed by atoms with Gasteiger partial charge in [-0.25, -0.2) is 4.68 Å². The van der Waals surface area contributed by atoms with Gasteiger partial charge in [0, 0.05) is 18.9 Å². The molecule has 0 aromatic carbocycles. The van der Waals surface area contributed by atoms with E-state index in [4.69, 9.17) is 11.2 Å². The lowest BCUT2D eigenvalue weighted by molar-refractivity contribution is 0.338. The maximum Gasteiger partial charge on any atom is 0.324 e. The van der Waals surface area contributed by atoms with E-state index in [2.05, 4.69) is 38.2 Å². The van der Waals surface area contributed by atoms with Gasteiger partial charge >= 0.3 is 6.01 Å². The summed E-state index contributed by atoms with van der Waals surface area (Å²) in [5, 5.41) is 7.15. The fourth-order valence-corrected chi connectivity index (χ4v) is 1.32. The van der Waals surface area contributed by atoms with Crippen LogP contribution in [-0.2, 0) is 0 Å². The Hall–Kier alpha value is -2.62. The van der Waals surface area contributed by atoms with Crippen LogP contribution in [-0.4, -0.2) is 37.9 Å². The minimum Gasteiger partial charge on any atom is -0.450 e. The number of terminal acetylenes is 1. The van der Waals surface area contributed by atoms with E-state index in [0.29, 0.717) is 11.9 Å². The molecule has 1 N–H and O–H groups in total. The summed E-state index contributed by atoms with van der Waals surface area (Å²) < 4.78 is 6.76. The van der Waals surface area contributed by atoms with Crippen molar-refractivity contribution in [3.63, 3.8) is 0 Å². The first-order valence-corrected chi connectivity index (χ1v) is 5.89. The van der Waals surface area contributed by atoms with Crippen molar-refractivity contribution < 1.29 is 4.74 Å². The summed E-state index contributed by atoms with van der Waals surface area (Å²) in [6.07, 6.45) is 9.49. The largest absolute Gasteiger partial charge is 0.450 e. The number of anilines is 1. The van der Waals surface area contributed by atoms with Crippen LogP contribution in [0.3, 0.4) is 0 Å². The first-order chi connectivity index (χ1) is 9.33. The number of aromatic nitrogens is 5. The molecule has 0 saturated heterocycles. The predicted molar refractivity (Wildman–Crippen MR) is 70.1 cm³/mol. The lowest BCUT2D eigenvalue weighted by Gasteiger charge is -2.07. The van der Waals surface area contributed by atoms with E-state index in [9.17, 15) is 0 Å². The summed E-state index contributed by atoms with van der Waals surface area (Å²) in [6, 6.07) is 1.96. The van der Waals surface area contributed by atoms with Gasteiger partial charge in [-0.15, -0.1) is 6.42 Å². The van der Waals surface area contributed by atoms with Crippen molar-refractivity contribution >= 4 is 5.95 Å². The van der Waals surface area contributed by atoms with E-state index < -0.39 is 0 Å². The summed E-state index contributed by atoms with van der Waals surface area (Å²) in [4.78, 5) is 12.5. The van der Waals surface area contributed by atoms with Crippen LogP contribution >= 0.6 is 0 Å². The highest BCUT2D eigenvalue weighted by atomic mass is 16.5. The smallest absolute Gasteiger partial charge is 0.324 e. The standard InChI is InChI=1S/C12H14N6O/c1-3-6-13-10-15-11(18-8-5-7-14-18)17-12(16-10)19-9-4-2/h2,5,7-8H,3,6,9H2,1H3,(H,13,15,16,17). The molecule has 0 aliphatic carbocycles. The van der Waals surface area contributed by atoms with Gasteiger partial charge in [-0.1, -0.05) is 12.8 Å². The Morgan fingerprint density at radius 1 is 1.42 bits per heavy atom. The van der Waals surface area contributed by atoms with Crippen molar-refractivity contribution in [3.05, 3.63) is 18.5 Å². The van der Waals surface area contributed by atoms with Crippen LogP contribution in [0.1, 0.15) is 13.3 Å². The van der Waals surface area contributed by atoms with Crippen molar-refractivity contribution in [1.29, 1.82) is 0 Å². The maximum atomic E-state index is 5.24. The second-order valence-electron chi connectivity index (χ2n) is 3.61. The molecular formula is C12H14N6O. The Labute approximate surface area is 111 Å². The summed E-state index contributed by atoms with van der Waals surface area (Å²) >= 11 is 0. The monoisotopic (exact) mass is 258 g/mol. The van der Waals surface area contributed by atoms with E-state index >= 15 is 0 Å². The molecule has 2 aromatic rings. The van der Waals surface area contributed by atoms with Crippen LogP contribution in [0.5, 0.6) is 6.01 Å². The van der Waals surface area contributed by atoms with Gasteiger partial charge in [0.1, 0.15) is 0 Å². The molecule has 0 saturated carbocycles. The van der Waals surface area contributed by atoms with Crippen LogP contribution in [0.4, 0.5) is 5.95 Å². The average molecular weight is 258 g/mol. The molecule has 2 rings (SSSR count). The molecule has 0 fully saturated rings. The highest BCUT2D eigenvalue weighted by Gasteiger charge is 2.08. The van der Waals surface area contributed by atoms with Gasteiger partial charge in [-0.05, 0) is 12.5 Å². The van der Waals surface area contributed by atoms with E-state index in [1.807, 2.05) is 0 Å². The summed E-state index contributed by atoms with van der Waals surface area (Å²) in [6.45, 7) is 2.92. The number of hydrogen-bond acceptors (Lipinski definition) is 6. The van der Waals surface area contributed by atoms with Gasteiger partial charge < -0.3 is 10.1 Å². The minimum absolute atomic E-state index is 0.107. The zero-order valence-electron chi connectivity index (χ0n) is 10.6. The summed E-state index contributed by atoms with van der Waals surface area (Å²) in [5.74, 6) is 3.19. The quantitative estimate of drug-likeness (QED) is 0.775. The summed E-state index contributed by atoms with van der Waals surface area (Å²) in [7, 11) is 0. The number of nitrogens with one attached hydrogen (secondary N) is 1. The first kappa shape index (κ1) is 12.8. The molecule has 98 valence electrons. The zero-order valence-corrected chi connectivity index (χ0v) is 10.6. The number of hydrogen-bond donors (Lipinski definition) is 1. The Morgan fingerprint density at radius 2 is 2.32 bits per heavy atom. The Bertz CT molecular complexity index is 560.